The Balaban J connectivity index is 1.21. The summed E-state index contributed by atoms with van der Waals surface area (Å²) < 4.78 is 5.69. The van der Waals surface area contributed by atoms with E-state index in [2.05, 4.69) is 29.6 Å². The Morgan fingerprint density at radius 3 is 2.31 bits per heavy atom. The van der Waals surface area contributed by atoms with Crippen molar-refractivity contribution in [1.29, 1.82) is 0 Å². The van der Waals surface area contributed by atoms with Crippen molar-refractivity contribution in [3.63, 3.8) is 0 Å². The number of ether oxygens (including phenoxy) is 1. The van der Waals surface area contributed by atoms with Crippen LogP contribution in [0.25, 0.3) is 11.1 Å². The Morgan fingerprint density at radius 2 is 1.66 bits per heavy atom. The first-order valence-corrected chi connectivity index (χ1v) is 12.6. The Hall–Kier alpha value is -3.35. The number of alkyl carbamates (subject to hydrolysis) is 1. The van der Waals surface area contributed by atoms with Gasteiger partial charge in [-0.1, -0.05) is 61.9 Å². The fourth-order valence-corrected chi connectivity index (χ4v) is 6.16. The van der Waals surface area contributed by atoms with Crippen LogP contribution in [-0.4, -0.2) is 53.7 Å². The lowest BCUT2D eigenvalue weighted by atomic mass is 9.89. The molecule has 7 heteroatoms. The fraction of sp³-hybridized carbons (Fsp3) is 0.464. The minimum Gasteiger partial charge on any atom is -0.481 e. The van der Waals surface area contributed by atoms with Crippen molar-refractivity contribution in [2.45, 2.75) is 44.6 Å². The zero-order valence-corrected chi connectivity index (χ0v) is 20.0. The number of likely N-dealkylation sites (tertiary alicyclic amines) is 1. The quantitative estimate of drug-likeness (QED) is 0.672. The minimum atomic E-state index is -0.853. The highest BCUT2D eigenvalue weighted by atomic mass is 16.5. The highest BCUT2D eigenvalue weighted by Crippen LogP contribution is 2.44. The van der Waals surface area contributed by atoms with Gasteiger partial charge < -0.3 is 20.1 Å². The van der Waals surface area contributed by atoms with Crippen LogP contribution in [0.2, 0.25) is 0 Å². The van der Waals surface area contributed by atoms with E-state index in [-0.39, 0.29) is 42.9 Å². The molecule has 2 amide bonds. The first-order chi connectivity index (χ1) is 16.9. The number of carboxylic acid groups (broad SMARTS) is 1. The van der Waals surface area contributed by atoms with Gasteiger partial charge in [-0.15, -0.1) is 0 Å². The van der Waals surface area contributed by atoms with Crippen LogP contribution in [0.15, 0.2) is 48.5 Å². The third-order valence-electron chi connectivity index (χ3n) is 7.80. The number of fused-ring (bicyclic) bond motifs is 3. The molecule has 2 aromatic carbocycles. The number of hydrogen-bond donors (Lipinski definition) is 2. The molecule has 0 spiro atoms. The molecule has 1 aliphatic heterocycles. The van der Waals surface area contributed by atoms with Crippen molar-refractivity contribution in [1.82, 2.24) is 10.2 Å². The standard InChI is InChI=1S/C28H32N2O5/c1-17-13-18(27(32)33)15-30(14-17)26(31)23-11-6-12-25(23)29-28(34)35-16-24-21-9-4-2-7-19(21)20-8-3-5-10-22(20)24/h2-5,7-10,17-18,23-25H,6,11-16H2,1H3,(H,29,34)(H,32,33)/t17?,18?,23-,25+/m1/s1. The number of rotatable bonds is 5. The SMILES string of the molecule is CC1CC(C(=O)O)CN(C(=O)[C@@H]2CCC[C@@H]2NC(=O)OCC2c3ccccc3-c3ccccc32)C1. The van der Waals surface area contributed by atoms with E-state index in [0.29, 0.717) is 25.8 Å². The number of aliphatic carboxylic acids is 1. The van der Waals surface area contributed by atoms with E-state index >= 15 is 0 Å². The van der Waals surface area contributed by atoms with Crippen LogP contribution < -0.4 is 5.32 Å². The molecule has 1 saturated carbocycles. The molecular formula is C28H32N2O5. The van der Waals surface area contributed by atoms with Gasteiger partial charge in [0.25, 0.3) is 0 Å². The van der Waals surface area contributed by atoms with Crippen molar-refractivity contribution in [2.24, 2.45) is 17.8 Å². The van der Waals surface area contributed by atoms with E-state index in [1.54, 1.807) is 4.90 Å². The highest BCUT2D eigenvalue weighted by Gasteiger charge is 2.40. The molecule has 2 N–H and O–H groups in total. The molecule has 184 valence electrons. The van der Waals surface area contributed by atoms with Gasteiger partial charge in [0, 0.05) is 25.0 Å². The summed E-state index contributed by atoms with van der Waals surface area (Å²) in [4.78, 5) is 39.3. The third-order valence-corrected chi connectivity index (χ3v) is 7.80. The zero-order chi connectivity index (χ0) is 24.5. The van der Waals surface area contributed by atoms with Gasteiger partial charge in [0.2, 0.25) is 5.91 Å². The lowest BCUT2D eigenvalue weighted by Crippen LogP contribution is -2.51. The molecule has 1 saturated heterocycles. The molecule has 2 aliphatic carbocycles. The van der Waals surface area contributed by atoms with E-state index in [9.17, 15) is 19.5 Å². The highest BCUT2D eigenvalue weighted by molar-refractivity contribution is 5.82. The van der Waals surface area contributed by atoms with E-state index in [0.717, 1.165) is 17.5 Å². The van der Waals surface area contributed by atoms with Crippen LogP contribution in [0.3, 0.4) is 0 Å². The van der Waals surface area contributed by atoms with Crippen LogP contribution in [-0.2, 0) is 14.3 Å². The van der Waals surface area contributed by atoms with E-state index in [4.69, 9.17) is 4.74 Å². The Bertz CT molecular complexity index is 1090. The molecule has 2 unspecified atom stereocenters. The topological polar surface area (TPSA) is 95.9 Å². The lowest BCUT2D eigenvalue weighted by Gasteiger charge is -2.37. The van der Waals surface area contributed by atoms with Gasteiger partial charge in [-0.25, -0.2) is 4.79 Å². The van der Waals surface area contributed by atoms with Crippen LogP contribution >= 0.6 is 0 Å². The molecule has 1 heterocycles. The van der Waals surface area contributed by atoms with Gasteiger partial charge in [0.1, 0.15) is 6.61 Å². The molecule has 5 rings (SSSR count). The van der Waals surface area contributed by atoms with E-state index < -0.39 is 18.0 Å². The van der Waals surface area contributed by atoms with Gasteiger partial charge >= 0.3 is 12.1 Å². The van der Waals surface area contributed by atoms with Crippen molar-refractivity contribution in [3.8, 4) is 11.1 Å². The normalized spacial score (nSPS) is 25.6. The average Bonchev–Trinajstić information content (AvgIpc) is 3.44. The van der Waals surface area contributed by atoms with Gasteiger partial charge in [0.15, 0.2) is 0 Å². The van der Waals surface area contributed by atoms with Crippen LogP contribution in [0.5, 0.6) is 0 Å². The number of nitrogens with zero attached hydrogens (tertiary/aromatic N) is 1. The van der Waals surface area contributed by atoms with Crippen molar-refractivity contribution in [2.75, 3.05) is 19.7 Å². The molecule has 3 aliphatic rings. The second-order valence-corrected chi connectivity index (χ2v) is 10.2. The number of carbonyl (C=O) groups is 3. The number of piperidine rings is 1. The second-order valence-electron chi connectivity index (χ2n) is 10.2. The Morgan fingerprint density at radius 1 is 1.00 bits per heavy atom. The summed E-state index contributed by atoms with van der Waals surface area (Å²) in [7, 11) is 0. The predicted molar refractivity (Wildman–Crippen MR) is 131 cm³/mol. The van der Waals surface area contributed by atoms with Crippen molar-refractivity contribution >= 4 is 18.0 Å². The Labute approximate surface area is 205 Å². The largest absolute Gasteiger partial charge is 0.481 e. The van der Waals surface area contributed by atoms with Gasteiger partial charge in [-0.05, 0) is 47.4 Å². The van der Waals surface area contributed by atoms with Gasteiger partial charge in [0.05, 0.1) is 11.8 Å². The zero-order valence-electron chi connectivity index (χ0n) is 20.0. The molecule has 35 heavy (non-hydrogen) atoms. The predicted octanol–water partition coefficient (Wildman–Crippen LogP) is 4.26. The average molecular weight is 477 g/mol. The molecule has 0 radical (unpaired) electrons. The van der Waals surface area contributed by atoms with Crippen molar-refractivity contribution < 1.29 is 24.2 Å². The summed E-state index contributed by atoms with van der Waals surface area (Å²) in [5, 5.41) is 12.4. The summed E-state index contributed by atoms with van der Waals surface area (Å²) in [6.07, 6.45) is 2.33. The second kappa shape index (κ2) is 9.72. The Kier molecular flexibility index (Phi) is 6.50. The molecule has 7 nitrogen and oxygen atoms in total. The number of amides is 2. The third kappa shape index (κ3) is 4.64. The summed E-state index contributed by atoms with van der Waals surface area (Å²) >= 11 is 0. The number of benzene rings is 2. The fourth-order valence-electron chi connectivity index (χ4n) is 6.16. The molecule has 0 aromatic heterocycles. The molecule has 2 fully saturated rings. The summed E-state index contributed by atoms with van der Waals surface area (Å²) in [5.74, 6) is -1.65. The van der Waals surface area contributed by atoms with Gasteiger partial charge in [-0.2, -0.15) is 0 Å². The first kappa shape index (κ1) is 23.4. The van der Waals surface area contributed by atoms with Crippen LogP contribution in [0.4, 0.5) is 4.79 Å². The first-order valence-electron chi connectivity index (χ1n) is 12.6. The van der Waals surface area contributed by atoms with Crippen molar-refractivity contribution in [3.05, 3.63) is 59.7 Å². The molecule has 0 bridgehead atoms. The van der Waals surface area contributed by atoms with E-state index in [1.165, 1.54) is 11.1 Å². The number of hydrogen-bond acceptors (Lipinski definition) is 4. The minimum absolute atomic E-state index is 0.0167. The smallest absolute Gasteiger partial charge is 0.407 e. The van der Waals surface area contributed by atoms with Crippen LogP contribution in [0.1, 0.15) is 49.7 Å². The maximum atomic E-state index is 13.3. The lowest BCUT2D eigenvalue weighted by molar-refractivity contribution is -0.148. The molecule has 4 atom stereocenters. The van der Waals surface area contributed by atoms with Crippen LogP contribution in [0, 0.1) is 17.8 Å². The summed E-state index contributed by atoms with van der Waals surface area (Å²) in [5.41, 5.74) is 4.66. The maximum Gasteiger partial charge on any atom is 0.407 e. The number of carbonyl (C=O) groups excluding carboxylic acids is 2. The summed E-state index contributed by atoms with van der Waals surface area (Å²) in [6.45, 7) is 3.02. The number of carboxylic acids is 1. The molecule has 2 aromatic rings. The number of nitrogens with one attached hydrogen (secondary N) is 1. The maximum absolute atomic E-state index is 13.3. The monoisotopic (exact) mass is 476 g/mol. The molecular weight excluding hydrogens is 444 g/mol. The summed E-state index contributed by atoms with van der Waals surface area (Å²) in [6, 6.07) is 16.1. The van der Waals surface area contributed by atoms with Gasteiger partial charge in [-0.3, -0.25) is 9.59 Å². The van der Waals surface area contributed by atoms with E-state index in [1.807, 2.05) is 31.2 Å².